The van der Waals surface area contributed by atoms with Crippen LogP contribution in [-0.2, 0) is 9.47 Å². The van der Waals surface area contributed by atoms with E-state index in [-0.39, 0.29) is 0 Å². The monoisotopic (exact) mass is 286 g/mol. The average molecular weight is 287 g/mol. The molecule has 2 heteroatoms. The first-order chi connectivity index (χ1) is 9.68. The molecule has 0 saturated heterocycles. The van der Waals surface area contributed by atoms with Gasteiger partial charge in [0, 0.05) is 6.61 Å². The summed E-state index contributed by atoms with van der Waals surface area (Å²) in [5, 5.41) is 0. The van der Waals surface area contributed by atoms with E-state index in [1.54, 1.807) is 0 Å². The molecule has 20 heavy (non-hydrogen) atoms. The maximum atomic E-state index is 5.64. The fourth-order valence-electron chi connectivity index (χ4n) is 3.08. The lowest BCUT2D eigenvalue weighted by molar-refractivity contribution is 0.0154. The van der Waals surface area contributed by atoms with Crippen LogP contribution in [0.3, 0.4) is 0 Å². The Morgan fingerprint density at radius 2 is 1.60 bits per heavy atom. The summed E-state index contributed by atoms with van der Waals surface area (Å²) in [6, 6.07) is 0. The predicted octanol–water partition coefficient (Wildman–Crippen LogP) is 5.59. The van der Waals surface area contributed by atoms with E-state index in [0.29, 0.717) is 11.5 Å². The van der Waals surface area contributed by atoms with Gasteiger partial charge in [-0.05, 0) is 44.9 Å². The van der Waals surface area contributed by atoms with E-state index < -0.39 is 0 Å². The van der Waals surface area contributed by atoms with Crippen molar-refractivity contribution in [3.05, 3.63) is 0 Å². The summed E-state index contributed by atoms with van der Waals surface area (Å²) in [4.78, 5) is 0. The molecule has 0 unspecified atom stereocenters. The van der Waals surface area contributed by atoms with Crippen LogP contribution in [0, 0.1) is 5.41 Å². The number of ether oxygens (including phenoxy) is 2. The first-order valence-corrected chi connectivity index (χ1v) is 8.88. The second-order valence-corrected chi connectivity index (χ2v) is 6.05. The first-order valence-electron chi connectivity index (χ1n) is 8.88. The maximum Gasteiger partial charge on any atom is 0.0703 e. The highest BCUT2D eigenvalue weighted by Crippen LogP contribution is 2.42. The Morgan fingerprint density at radius 3 is 2.15 bits per heavy atom. The molecule has 0 aromatic rings. The summed E-state index contributed by atoms with van der Waals surface area (Å²) in [7, 11) is 0. The molecule has 1 aliphatic carbocycles. The highest BCUT2D eigenvalue weighted by atomic mass is 16.5. The number of hydrogen-bond donors (Lipinski definition) is 0. The molecule has 1 fully saturated rings. The maximum absolute atomic E-state index is 5.64. The van der Waals surface area contributed by atoms with Crippen molar-refractivity contribution in [3.8, 4) is 0 Å². The lowest BCUT2D eigenvalue weighted by Crippen LogP contribution is -2.23. The normalized spacial score (nSPS) is 17.7. The van der Waals surface area contributed by atoms with Gasteiger partial charge in [0.15, 0.2) is 0 Å². The summed E-state index contributed by atoms with van der Waals surface area (Å²) in [5.41, 5.74) is 0.649. The molecule has 0 spiro atoms. The Morgan fingerprint density at radius 1 is 0.950 bits per heavy atom. The van der Waals surface area contributed by atoms with Gasteiger partial charge < -0.3 is 9.47 Å². The fourth-order valence-corrected chi connectivity index (χ4v) is 3.08. The molecule has 2 nitrogen and oxygen atoms in total. The standard InChI is InChI=1S/C16H32O2.C2H6/c1-4-16(9-6-5-7-10-16)11-8-12-17-13-14-18-15(2)3;1-2/h15H,4-14H2,1-3H3;1-2H3. The van der Waals surface area contributed by atoms with Crippen LogP contribution >= 0.6 is 0 Å². The quantitative estimate of drug-likeness (QED) is 0.514. The van der Waals surface area contributed by atoms with Gasteiger partial charge in [-0.15, -0.1) is 0 Å². The fraction of sp³-hybridized carbons (Fsp3) is 1.00. The Kier molecular flexibility index (Phi) is 12.6. The summed E-state index contributed by atoms with van der Waals surface area (Å²) < 4.78 is 11.1. The van der Waals surface area contributed by atoms with E-state index in [1.165, 1.54) is 51.4 Å². The Hall–Kier alpha value is -0.0800. The van der Waals surface area contributed by atoms with Gasteiger partial charge in [0.25, 0.3) is 0 Å². The Bertz CT molecular complexity index is 196. The van der Waals surface area contributed by atoms with Crippen LogP contribution in [0.15, 0.2) is 0 Å². The van der Waals surface area contributed by atoms with E-state index >= 15 is 0 Å². The van der Waals surface area contributed by atoms with E-state index in [4.69, 9.17) is 9.47 Å². The van der Waals surface area contributed by atoms with Gasteiger partial charge in [-0.1, -0.05) is 46.5 Å². The van der Waals surface area contributed by atoms with E-state index in [2.05, 4.69) is 20.8 Å². The molecule has 0 radical (unpaired) electrons. The molecule has 1 aliphatic rings. The van der Waals surface area contributed by atoms with Crippen molar-refractivity contribution in [1.82, 2.24) is 0 Å². The Balaban J connectivity index is 0.00000172. The average Bonchev–Trinajstić information content (AvgIpc) is 2.49. The van der Waals surface area contributed by atoms with Crippen LogP contribution in [0.25, 0.3) is 0 Å². The van der Waals surface area contributed by atoms with Gasteiger partial charge in [-0.3, -0.25) is 0 Å². The topological polar surface area (TPSA) is 18.5 Å². The van der Waals surface area contributed by atoms with Crippen molar-refractivity contribution in [2.45, 2.75) is 92.1 Å². The van der Waals surface area contributed by atoms with Gasteiger partial charge in [0.05, 0.1) is 19.3 Å². The lowest BCUT2D eigenvalue weighted by atomic mass is 9.69. The molecule has 0 bridgehead atoms. The van der Waals surface area contributed by atoms with Crippen molar-refractivity contribution < 1.29 is 9.47 Å². The van der Waals surface area contributed by atoms with Crippen molar-refractivity contribution >= 4 is 0 Å². The van der Waals surface area contributed by atoms with E-state index in [9.17, 15) is 0 Å². The SMILES string of the molecule is CC.CCC1(CCCOCCOC(C)C)CCCCC1. The van der Waals surface area contributed by atoms with Crippen LogP contribution < -0.4 is 0 Å². The smallest absolute Gasteiger partial charge is 0.0703 e. The van der Waals surface area contributed by atoms with Crippen molar-refractivity contribution in [1.29, 1.82) is 0 Å². The second-order valence-electron chi connectivity index (χ2n) is 6.05. The van der Waals surface area contributed by atoms with Crippen molar-refractivity contribution in [2.75, 3.05) is 19.8 Å². The zero-order valence-electron chi connectivity index (χ0n) is 14.7. The van der Waals surface area contributed by atoms with Gasteiger partial charge in [0.2, 0.25) is 0 Å². The zero-order chi connectivity index (χ0) is 15.3. The van der Waals surface area contributed by atoms with Crippen molar-refractivity contribution in [2.24, 2.45) is 5.41 Å². The lowest BCUT2D eigenvalue weighted by Gasteiger charge is -2.36. The van der Waals surface area contributed by atoms with Gasteiger partial charge >= 0.3 is 0 Å². The third-order valence-corrected chi connectivity index (χ3v) is 4.34. The van der Waals surface area contributed by atoms with Gasteiger partial charge in [-0.25, -0.2) is 0 Å². The molecule has 0 aliphatic heterocycles. The third-order valence-electron chi connectivity index (χ3n) is 4.34. The minimum absolute atomic E-state index is 0.319. The van der Waals surface area contributed by atoms with Crippen LogP contribution in [-0.4, -0.2) is 25.9 Å². The summed E-state index contributed by atoms with van der Waals surface area (Å²) in [6.07, 6.45) is 11.5. The molecular formula is C18H38O2. The highest BCUT2D eigenvalue weighted by molar-refractivity contribution is 4.81. The molecule has 0 atom stereocenters. The molecule has 0 aromatic carbocycles. The minimum Gasteiger partial charge on any atom is -0.379 e. The molecule has 0 aromatic heterocycles. The Labute approximate surface area is 127 Å². The second kappa shape index (κ2) is 12.6. The van der Waals surface area contributed by atoms with Crippen molar-refractivity contribution in [3.63, 3.8) is 0 Å². The molecular weight excluding hydrogens is 248 g/mol. The molecule has 1 rings (SSSR count). The summed E-state index contributed by atoms with van der Waals surface area (Å²) in [5.74, 6) is 0. The van der Waals surface area contributed by atoms with Crippen LogP contribution in [0.4, 0.5) is 0 Å². The molecule has 122 valence electrons. The number of rotatable bonds is 9. The molecule has 0 heterocycles. The zero-order valence-corrected chi connectivity index (χ0v) is 14.7. The third kappa shape index (κ3) is 8.97. The van der Waals surface area contributed by atoms with Gasteiger partial charge in [0.1, 0.15) is 0 Å². The summed E-state index contributed by atoms with van der Waals surface area (Å²) >= 11 is 0. The molecule has 0 amide bonds. The predicted molar refractivity (Wildman–Crippen MR) is 88.3 cm³/mol. The van der Waals surface area contributed by atoms with E-state index in [1.807, 2.05) is 13.8 Å². The summed E-state index contributed by atoms with van der Waals surface area (Å²) in [6.45, 7) is 12.9. The highest BCUT2D eigenvalue weighted by Gasteiger charge is 2.29. The minimum atomic E-state index is 0.319. The van der Waals surface area contributed by atoms with Gasteiger partial charge in [-0.2, -0.15) is 0 Å². The van der Waals surface area contributed by atoms with Crippen LogP contribution in [0.2, 0.25) is 0 Å². The molecule has 1 saturated carbocycles. The molecule has 0 N–H and O–H groups in total. The van der Waals surface area contributed by atoms with Crippen LogP contribution in [0.5, 0.6) is 0 Å². The van der Waals surface area contributed by atoms with E-state index in [0.717, 1.165) is 19.8 Å². The first kappa shape index (κ1) is 19.9. The number of hydrogen-bond acceptors (Lipinski definition) is 2. The van der Waals surface area contributed by atoms with Crippen LogP contribution in [0.1, 0.15) is 86.0 Å². The largest absolute Gasteiger partial charge is 0.379 e.